The van der Waals surface area contributed by atoms with Gasteiger partial charge in [0.15, 0.2) is 5.82 Å². The Hall–Kier alpha value is -3.88. The molecule has 4 aromatic rings. The van der Waals surface area contributed by atoms with Crippen LogP contribution in [0.3, 0.4) is 0 Å². The Bertz CT molecular complexity index is 1770. The molecule has 45 heavy (non-hydrogen) atoms. The number of aromatic carboxylic acids is 1. The quantitative estimate of drug-likeness (QED) is 0.216. The maximum absolute atomic E-state index is 15.4. The van der Waals surface area contributed by atoms with Crippen molar-refractivity contribution < 1.29 is 45.7 Å². The Morgan fingerprint density at radius 2 is 1.89 bits per heavy atom. The Morgan fingerprint density at radius 3 is 2.56 bits per heavy atom. The number of aromatic nitrogens is 3. The smallest absolute Gasteiger partial charge is 0.421 e. The largest absolute Gasteiger partial charge is 0.478 e. The van der Waals surface area contributed by atoms with Crippen LogP contribution >= 0.6 is 11.6 Å². The summed E-state index contributed by atoms with van der Waals surface area (Å²) in [5, 5.41) is 9.25. The van der Waals surface area contributed by atoms with Crippen molar-refractivity contribution in [3.8, 4) is 5.88 Å². The molecule has 2 aromatic carbocycles. The van der Waals surface area contributed by atoms with E-state index in [9.17, 15) is 31.9 Å². The van der Waals surface area contributed by atoms with Gasteiger partial charge in [-0.05, 0) is 55.2 Å². The van der Waals surface area contributed by atoms with E-state index >= 15 is 4.39 Å². The normalized spacial score (nSPS) is 17.2. The molecule has 1 saturated heterocycles. The molecule has 2 aliphatic heterocycles. The summed E-state index contributed by atoms with van der Waals surface area (Å²) < 4.78 is 98.5. The zero-order valence-electron chi connectivity index (χ0n) is 23.4. The average Bonchev–Trinajstić information content (AvgIpc) is 3.60. The van der Waals surface area contributed by atoms with Gasteiger partial charge in [0.25, 0.3) is 0 Å². The number of alkyl halides is 3. The topological polar surface area (TPSA) is 89.7 Å². The van der Waals surface area contributed by atoms with Crippen molar-refractivity contribution in [1.29, 1.82) is 0 Å². The number of hydrogen-bond donors (Lipinski definition) is 1. The maximum Gasteiger partial charge on any atom is 0.421 e. The number of fused-ring (bicyclic) bond motifs is 2. The van der Waals surface area contributed by atoms with Gasteiger partial charge in [0.1, 0.15) is 35.1 Å². The van der Waals surface area contributed by atoms with Crippen molar-refractivity contribution in [2.45, 2.75) is 57.8 Å². The minimum absolute atomic E-state index is 0.0307. The first-order chi connectivity index (χ1) is 21.4. The fourth-order valence-electron chi connectivity index (χ4n) is 5.70. The number of benzene rings is 2. The Morgan fingerprint density at radius 1 is 1.13 bits per heavy atom. The predicted octanol–water partition coefficient (Wildman–Crippen LogP) is 6.54. The summed E-state index contributed by atoms with van der Waals surface area (Å²) in [5.74, 6) is -4.89. The molecule has 0 amide bonds. The lowest BCUT2D eigenvalue weighted by Crippen LogP contribution is -2.33. The van der Waals surface area contributed by atoms with Gasteiger partial charge in [-0.1, -0.05) is 11.6 Å². The molecule has 1 atom stereocenters. The van der Waals surface area contributed by atoms with Gasteiger partial charge < -0.3 is 19.1 Å². The number of hydrogen-bond acceptors (Lipinski definition) is 6. The molecule has 4 heterocycles. The fourth-order valence-corrected chi connectivity index (χ4v) is 5.89. The molecular formula is C30H25ClF6N4O4. The highest BCUT2D eigenvalue weighted by molar-refractivity contribution is 6.30. The molecule has 15 heteroatoms. The number of carbonyl (C=O) groups is 1. The van der Waals surface area contributed by atoms with Crippen LogP contribution in [-0.2, 0) is 43.6 Å². The third-order valence-corrected chi connectivity index (χ3v) is 8.14. The summed E-state index contributed by atoms with van der Waals surface area (Å²) in [5.41, 5.74) is -1.38. The molecule has 2 aromatic heterocycles. The second kappa shape index (κ2) is 12.1. The molecule has 0 bridgehead atoms. The number of nitrogens with zero attached hydrogens (tertiary/aromatic N) is 4. The van der Waals surface area contributed by atoms with Gasteiger partial charge in [0.2, 0.25) is 5.88 Å². The number of carboxylic acids is 1. The third-order valence-electron chi connectivity index (χ3n) is 7.92. The van der Waals surface area contributed by atoms with Crippen LogP contribution in [0.15, 0.2) is 30.3 Å². The molecule has 8 nitrogen and oxygen atoms in total. The van der Waals surface area contributed by atoms with Crippen LogP contribution in [0, 0.1) is 17.5 Å². The van der Waals surface area contributed by atoms with Crippen molar-refractivity contribution >= 4 is 28.6 Å². The van der Waals surface area contributed by atoms with E-state index in [4.69, 9.17) is 21.1 Å². The van der Waals surface area contributed by atoms with Crippen molar-refractivity contribution in [3.05, 3.63) is 86.6 Å². The Balaban J connectivity index is 1.30. The fraction of sp³-hybridized carbons (Fsp3) is 0.367. The molecule has 6 rings (SSSR count). The van der Waals surface area contributed by atoms with Crippen LogP contribution in [0.4, 0.5) is 26.3 Å². The number of pyridine rings is 1. The molecule has 0 aliphatic carbocycles. The molecular weight excluding hydrogens is 630 g/mol. The zero-order chi connectivity index (χ0) is 32.0. The molecule has 1 N–H and O–H groups in total. The molecule has 1 fully saturated rings. The van der Waals surface area contributed by atoms with E-state index in [1.165, 1.54) is 6.07 Å². The Kier molecular flexibility index (Phi) is 8.39. The number of ether oxygens (including phenoxy) is 2. The van der Waals surface area contributed by atoms with Crippen molar-refractivity contribution in [1.82, 2.24) is 19.4 Å². The second-order valence-corrected chi connectivity index (χ2v) is 11.4. The minimum Gasteiger partial charge on any atom is -0.478 e. The maximum atomic E-state index is 15.4. The van der Waals surface area contributed by atoms with E-state index in [2.05, 4.69) is 9.97 Å². The van der Waals surface area contributed by atoms with Crippen LogP contribution < -0.4 is 4.74 Å². The van der Waals surface area contributed by atoms with E-state index in [0.29, 0.717) is 24.5 Å². The van der Waals surface area contributed by atoms with Crippen LogP contribution in [0.5, 0.6) is 5.88 Å². The van der Waals surface area contributed by atoms with Gasteiger partial charge in [-0.2, -0.15) is 13.2 Å². The standard InChI is InChI=1S/C30H25ClF6N4O4/c31-16-9-21(32)19(22(33)10-16)14-45-28-20(30(35,36)37)8-15-5-6-40(12-24(15)39-28)13-25-38-23-4-3-18(29(42)43)26(34)27(23)41(25)11-17-2-1-7-44-17/h3-4,8-10,17H,1-2,5-7,11-14H2,(H,42,43)/t17-/m0/s1. The van der Waals surface area contributed by atoms with Crippen LogP contribution in [-0.4, -0.2) is 49.8 Å². The lowest BCUT2D eigenvalue weighted by atomic mass is 10.0. The van der Waals surface area contributed by atoms with Gasteiger partial charge >= 0.3 is 12.1 Å². The summed E-state index contributed by atoms with van der Waals surface area (Å²) in [4.78, 5) is 22.2. The van der Waals surface area contributed by atoms with Gasteiger partial charge in [-0.3, -0.25) is 4.90 Å². The highest BCUT2D eigenvalue weighted by atomic mass is 35.5. The minimum atomic E-state index is -4.85. The second-order valence-electron chi connectivity index (χ2n) is 10.9. The van der Waals surface area contributed by atoms with Gasteiger partial charge in [0.05, 0.1) is 41.5 Å². The first-order valence-electron chi connectivity index (χ1n) is 14.0. The summed E-state index contributed by atoms with van der Waals surface area (Å²) in [6.07, 6.45) is -3.33. The van der Waals surface area contributed by atoms with Gasteiger partial charge in [-0.25, -0.2) is 27.9 Å². The molecule has 0 unspecified atom stereocenters. The molecule has 238 valence electrons. The van der Waals surface area contributed by atoms with Crippen LogP contribution in [0.2, 0.25) is 5.02 Å². The van der Waals surface area contributed by atoms with Gasteiger partial charge in [0, 0.05) is 24.7 Å². The van der Waals surface area contributed by atoms with E-state index in [0.717, 1.165) is 37.1 Å². The van der Waals surface area contributed by atoms with Crippen LogP contribution in [0.1, 0.15) is 51.4 Å². The van der Waals surface area contributed by atoms with Gasteiger partial charge in [-0.15, -0.1) is 0 Å². The highest BCUT2D eigenvalue weighted by Crippen LogP contribution is 2.38. The highest BCUT2D eigenvalue weighted by Gasteiger charge is 2.37. The summed E-state index contributed by atoms with van der Waals surface area (Å²) >= 11 is 5.64. The number of carboxylic acid groups (broad SMARTS) is 1. The molecule has 2 aliphatic rings. The molecule has 0 saturated carbocycles. The van der Waals surface area contributed by atoms with E-state index in [-0.39, 0.29) is 53.9 Å². The monoisotopic (exact) mass is 654 g/mol. The summed E-state index contributed by atoms with van der Waals surface area (Å²) in [7, 11) is 0. The number of imidazole rings is 1. The summed E-state index contributed by atoms with van der Waals surface area (Å²) in [6, 6.07) is 5.16. The Labute approximate surface area is 257 Å². The first-order valence-corrected chi connectivity index (χ1v) is 14.4. The average molecular weight is 655 g/mol. The lowest BCUT2D eigenvalue weighted by molar-refractivity contribution is -0.139. The zero-order valence-corrected chi connectivity index (χ0v) is 24.2. The summed E-state index contributed by atoms with van der Waals surface area (Å²) in [6.45, 7) is 0.456. The SMILES string of the molecule is O=C(O)c1ccc2nc(CN3CCc4cc(C(F)(F)F)c(OCc5c(F)cc(Cl)cc5F)nc4C3)n(C[C@@H]3CCCO3)c2c1F. The van der Waals surface area contributed by atoms with Crippen molar-refractivity contribution in [3.63, 3.8) is 0 Å². The lowest BCUT2D eigenvalue weighted by Gasteiger charge is -2.29. The van der Waals surface area contributed by atoms with E-state index in [1.54, 1.807) is 4.57 Å². The molecule has 0 spiro atoms. The van der Waals surface area contributed by atoms with E-state index in [1.807, 2.05) is 4.90 Å². The van der Waals surface area contributed by atoms with Crippen molar-refractivity contribution in [2.75, 3.05) is 13.2 Å². The third kappa shape index (κ3) is 6.31. The van der Waals surface area contributed by atoms with Crippen molar-refractivity contribution in [2.24, 2.45) is 0 Å². The predicted molar refractivity (Wildman–Crippen MR) is 148 cm³/mol. The first kappa shape index (κ1) is 31.1. The van der Waals surface area contributed by atoms with E-state index < -0.39 is 58.8 Å². The molecule has 0 radical (unpaired) electrons. The van der Waals surface area contributed by atoms with Crippen LogP contribution in [0.25, 0.3) is 11.0 Å². The number of rotatable bonds is 8. The number of halogens is 7.